The Morgan fingerprint density at radius 3 is 3.00 bits per heavy atom. The summed E-state index contributed by atoms with van der Waals surface area (Å²) in [5.41, 5.74) is 0.0899. The number of aromatic nitrogens is 2. The molecule has 6 heteroatoms. The number of likely N-dealkylation sites (tertiary alicyclic amines) is 1. The molecule has 0 radical (unpaired) electrons. The Bertz CT molecular complexity index is 657. The van der Waals surface area contributed by atoms with Gasteiger partial charge in [0.05, 0.1) is 25.0 Å². The molecule has 1 aliphatic rings. The zero-order valence-electron chi connectivity index (χ0n) is 12.4. The highest BCUT2D eigenvalue weighted by atomic mass is 19.1. The number of nitrogens with zero attached hydrogens (tertiary/aromatic N) is 3. The number of halogens is 1. The van der Waals surface area contributed by atoms with E-state index in [0.717, 1.165) is 12.8 Å². The lowest BCUT2D eigenvalue weighted by atomic mass is 10.0. The Balaban J connectivity index is 1.77. The van der Waals surface area contributed by atoms with Crippen molar-refractivity contribution in [2.45, 2.75) is 18.9 Å². The van der Waals surface area contributed by atoms with Crippen LogP contribution in [-0.2, 0) is 0 Å². The first-order valence-corrected chi connectivity index (χ1v) is 7.29. The quantitative estimate of drug-likeness (QED) is 0.875. The Kier molecular flexibility index (Phi) is 4.09. The van der Waals surface area contributed by atoms with Crippen molar-refractivity contribution in [3.8, 4) is 5.75 Å². The number of rotatable bonds is 3. The van der Waals surface area contributed by atoms with Crippen molar-refractivity contribution in [3.05, 3.63) is 48.3 Å². The molecule has 0 bridgehead atoms. The van der Waals surface area contributed by atoms with E-state index in [1.54, 1.807) is 23.5 Å². The maximum atomic E-state index is 14.1. The zero-order chi connectivity index (χ0) is 15.5. The van der Waals surface area contributed by atoms with Gasteiger partial charge in [0.1, 0.15) is 11.6 Å². The number of carbonyl (C=O) groups is 1. The molecule has 1 aromatic carbocycles. The molecule has 1 fully saturated rings. The largest absolute Gasteiger partial charge is 0.497 e. The highest BCUT2D eigenvalue weighted by Crippen LogP contribution is 2.24. The third-order valence-corrected chi connectivity index (χ3v) is 4.04. The molecular formula is C16H18FN3O2. The molecule has 22 heavy (non-hydrogen) atoms. The molecule has 3 rings (SSSR count). The van der Waals surface area contributed by atoms with Crippen molar-refractivity contribution in [2.24, 2.45) is 0 Å². The van der Waals surface area contributed by atoms with Gasteiger partial charge in [-0.25, -0.2) is 9.37 Å². The number of hydrogen-bond acceptors (Lipinski definition) is 3. The van der Waals surface area contributed by atoms with Gasteiger partial charge in [0.25, 0.3) is 5.91 Å². The van der Waals surface area contributed by atoms with Gasteiger partial charge in [-0.1, -0.05) is 0 Å². The Hall–Kier alpha value is -2.37. The molecule has 0 saturated carbocycles. The van der Waals surface area contributed by atoms with Gasteiger partial charge in [-0.15, -0.1) is 0 Å². The second-order valence-corrected chi connectivity index (χ2v) is 5.40. The van der Waals surface area contributed by atoms with Crippen LogP contribution < -0.4 is 4.74 Å². The number of benzene rings is 1. The number of methoxy groups -OCH3 is 1. The molecule has 0 N–H and O–H groups in total. The number of amides is 1. The standard InChI is InChI=1S/C16H18FN3O2/c1-22-13-4-5-14(15(17)9-13)16(21)19-7-2-3-12(10-19)20-8-6-18-11-20/h4-6,8-9,11-12H,2-3,7,10H2,1H3/t12-/m0/s1. The molecule has 1 amide bonds. The van der Waals surface area contributed by atoms with Gasteiger partial charge < -0.3 is 14.2 Å². The van der Waals surface area contributed by atoms with Crippen LogP contribution in [0.2, 0.25) is 0 Å². The fraction of sp³-hybridized carbons (Fsp3) is 0.375. The number of imidazole rings is 1. The summed E-state index contributed by atoms with van der Waals surface area (Å²) in [6, 6.07) is 4.52. The zero-order valence-corrected chi connectivity index (χ0v) is 12.4. The van der Waals surface area contributed by atoms with Gasteiger partial charge in [-0.3, -0.25) is 4.79 Å². The summed E-state index contributed by atoms with van der Waals surface area (Å²) in [5.74, 6) is -0.414. The lowest BCUT2D eigenvalue weighted by molar-refractivity contribution is 0.0674. The summed E-state index contributed by atoms with van der Waals surface area (Å²) >= 11 is 0. The predicted octanol–water partition coefficient (Wildman–Crippen LogP) is 2.51. The van der Waals surface area contributed by atoms with Crippen LogP contribution in [-0.4, -0.2) is 40.6 Å². The van der Waals surface area contributed by atoms with Crippen molar-refractivity contribution in [3.63, 3.8) is 0 Å². The maximum absolute atomic E-state index is 14.1. The van der Waals surface area contributed by atoms with Gasteiger partial charge >= 0.3 is 0 Å². The molecule has 1 saturated heterocycles. The Labute approximate surface area is 128 Å². The van der Waals surface area contributed by atoms with Crippen LogP contribution in [0.25, 0.3) is 0 Å². The third-order valence-electron chi connectivity index (χ3n) is 4.04. The summed E-state index contributed by atoms with van der Waals surface area (Å²) in [6.45, 7) is 1.22. The van der Waals surface area contributed by atoms with Crippen molar-refractivity contribution < 1.29 is 13.9 Å². The molecule has 0 unspecified atom stereocenters. The second kappa shape index (κ2) is 6.17. The van der Waals surface area contributed by atoms with Crippen molar-refractivity contribution in [1.82, 2.24) is 14.5 Å². The summed E-state index contributed by atoms with van der Waals surface area (Å²) in [4.78, 5) is 18.3. The van der Waals surface area contributed by atoms with E-state index in [1.165, 1.54) is 19.2 Å². The van der Waals surface area contributed by atoms with E-state index in [9.17, 15) is 9.18 Å². The van der Waals surface area contributed by atoms with Crippen molar-refractivity contribution in [1.29, 1.82) is 0 Å². The van der Waals surface area contributed by atoms with Crippen molar-refractivity contribution in [2.75, 3.05) is 20.2 Å². The maximum Gasteiger partial charge on any atom is 0.256 e. The first-order valence-electron chi connectivity index (χ1n) is 7.29. The van der Waals surface area contributed by atoms with Crippen LogP contribution in [0.4, 0.5) is 4.39 Å². The Morgan fingerprint density at radius 2 is 2.32 bits per heavy atom. The van der Waals surface area contributed by atoms with E-state index in [1.807, 2.05) is 10.8 Å². The lowest BCUT2D eigenvalue weighted by Crippen LogP contribution is -2.40. The summed E-state index contributed by atoms with van der Waals surface area (Å²) < 4.78 is 21.0. The van der Waals surface area contributed by atoms with Gasteiger partial charge in [0.2, 0.25) is 0 Å². The van der Waals surface area contributed by atoms with E-state index in [4.69, 9.17) is 4.74 Å². The summed E-state index contributed by atoms with van der Waals surface area (Å²) in [6.07, 6.45) is 7.26. The van der Waals surface area contributed by atoms with Crippen molar-refractivity contribution >= 4 is 5.91 Å². The first kappa shape index (κ1) is 14.6. The average Bonchev–Trinajstić information content (AvgIpc) is 3.09. The molecule has 1 aromatic heterocycles. The second-order valence-electron chi connectivity index (χ2n) is 5.40. The number of hydrogen-bond donors (Lipinski definition) is 0. The van der Waals surface area contributed by atoms with Gasteiger partial charge in [0.15, 0.2) is 0 Å². The van der Waals surface area contributed by atoms with E-state index >= 15 is 0 Å². The fourth-order valence-electron chi connectivity index (χ4n) is 2.83. The normalized spacial score (nSPS) is 18.3. The molecule has 0 spiro atoms. The molecule has 1 atom stereocenters. The number of piperidine rings is 1. The summed E-state index contributed by atoms with van der Waals surface area (Å²) in [7, 11) is 1.47. The molecule has 0 aliphatic carbocycles. The van der Waals surface area contributed by atoms with E-state index in [-0.39, 0.29) is 17.5 Å². The van der Waals surface area contributed by atoms with Crippen LogP contribution in [0.3, 0.4) is 0 Å². The molecule has 2 heterocycles. The highest BCUT2D eigenvalue weighted by Gasteiger charge is 2.26. The topological polar surface area (TPSA) is 47.4 Å². The first-order chi connectivity index (χ1) is 10.7. The molecule has 2 aromatic rings. The van der Waals surface area contributed by atoms with E-state index in [2.05, 4.69) is 4.98 Å². The summed E-state index contributed by atoms with van der Waals surface area (Å²) in [5, 5.41) is 0. The van der Waals surface area contributed by atoms with E-state index < -0.39 is 5.82 Å². The molecule has 116 valence electrons. The minimum atomic E-state index is -0.547. The van der Waals surface area contributed by atoms with Crippen LogP contribution in [0, 0.1) is 5.82 Å². The van der Waals surface area contributed by atoms with Crippen LogP contribution in [0.15, 0.2) is 36.9 Å². The monoisotopic (exact) mass is 303 g/mol. The van der Waals surface area contributed by atoms with Gasteiger partial charge in [-0.2, -0.15) is 0 Å². The molecular weight excluding hydrogens is 285 g/mol. The smallest absolute Gasteiger partial charge is 0.256 e. The van der Waals surface area contributed by atoms with Gasteiger partial charge in [0, 0.05) is 31.5 Å². The Morgan fingerprint density at radius 1 is 1.45 bits per heavy atom. The van der Waals surface area contributed by atoms with Crippen LogP contribution in [0.5, 0.6) is 5.75 Å². The van der Waals surface area contributed by atoms with Crippen LogP contribution in [0.1, 0.15) is 29.2 Å². The minimum Gasteiger partial charge on any atom is -0.497 e. The molecule has 1 aliphatic heterocycles. The van der Waals surface area contributed by atoms with Gasteiger partial charge in [-0.05, 0) is 25.0 Å². The minimum absolute atomic E-state index is 0.0899. The highest BCUT2D eigenvalue weighted by molar-refractivity contribution is 5.94. The SMILES string of the molecule is COc1ccc(C(=O)N2CCC[C@H](n3ccnc3)C2)c(F)c1. The average molecular weight is 303 g/mol. The lowest BCUT2D eigenvalue weighted by Gasteiger charge is -2.33. The van der Waals surface area contributed by atoms with Crippen LogP contribution >= 0.6 is 0 Å². The van der Waals surface area contributed by atoms with E-state index in [0.29, 0.717) is 18.8 Å². The molecule has 5 nitrogen and oxygen atoms in total. The number of ether oxygens (including phenoxy) is 1. The third kappa shape index (κ3) is 2.81. The fourth-order valence-corrected chi connectivity index (χ4v) is 2.83. The predicted molar refractivity (Wildman–Crippen MR) is 79.4 cm³/mol. The number of carbonyl (C=O) groups excluding carboxylic acids is 1.